The van der Waals surface area contributed by atoms with E-state index in [9.17, 15) is 14.7 Å². The molecule has 0 radical (unpaired) electrons. The molecule has 7 atom stereocenters. The molecule has 182 valence electrons. The maximum absolute atomic E-state index is 13.3. The Hall–Kier alpha value is -1.95. The molecule has 0 aromatic carbocycles. The number of carbonyl (C=O) groups excluding carboxylic acids is 2. The molecule has 0 spiro atoms. The average molecular weight is 456 g/mol. The zero-order chi connectivity index (χ0) is 23.8. The van der Waals surface area contributed by atoms with Gasteiger partial charge in [-0.25, -0.2) is 0 Å². The minimum absolute atomic E-state index is 0.000529. The van der Waals surface area contributed by atoms with Crippen LogP contribution in [0.2, 0.25) is 0 Å². The molecule has 1 saturated heterocycles. The van der Waals surface area contributed by atoms with Crippen LogP contribution in [0.15, 0.2) is 24.4 Å². The minimum atomic E-state index is -0.532. The number of carbonyl (C=O) groups is 2. The van der Waals surface area contributed by atoms with Crippen LogP contribution in [0.1, 0.15) is 76.7 Å². The summed E-state index contributed by atoms with van der Waals surface area (Å²) in [6.07, 6.45) is 7.05. The summed E-state index contributed by atoms with van der Waals surface area (Å²) in [5.74, 6) is 0.740. The Labute approximate surface area is 198 Å². The molecule has 3 fully saturated rings. The quantitative estimate of drug-likeness (QED) is 0.721. The lowest BCUT2D eigenvalue weighted by Crippen LogP contribution is -2.58. The smallest absolute Gasteiger partial charge is 0.270 e. The van der Waals surface area contributed by atoms with Crippen molar-refractivity contribution < 1.29 is 14.7 Å². The summed E-state index contributed by atoms with van der Waals surface area (Å²) in [7, 11) is 0. The van der Waals surface area contributed by atoms with Crippen LogP contribution >= 0.6 is 0 Å². The van der Waals surface area contributed by atoms with E-state index in [-0.39, 0.29) is 46.9 Å². The molecule has 1 aromatic rings. The summed E-state index contributed by atoms with van der Waals surface area (Å²) in [6.45, 7) is 10.4. The maximum atomic E-state index is 13.3. The molecule has 6 nitrogen and oxygen atoms in total. The largest absolute Gasteiger partial charge is 0.392 e. The molecule has 1 aliphatic heterocycles. The molecule has 2 amide bonds. The monoisotopic (exact) mass is 455 g/mol. The lowest BCUT2D eigenvalue weighted by molar-refractivity contribution is -0.151. The van der Waals surface area contributed by atoms with E-state index >= 15 is 0 Å². The van der Waals surface area contributed by atoms with E-state index in [1.807, 2.05) is 17.9 Å². The Morgan fingerprint density at radius 2 is 1.85 bits per heavy atom. The lowest BCUT2D eigenvalue weighted by Gasteiger charge is -2.56. The maximum Gasteiger partial charge on any atom is 0.270 e. The van der Waals surface area contributed by atoms with Gasteiger partial charge in [0.05, 0.1) is 6.10 Å². The number of amides is 2. The molecule has 0 unspecified atom stereocenters. The van der Waals surface area contributed by atoms with E-state index in [1.165, 1.54) is 0 Å². The van der Waals surface area contributed by atoms with Crippen LogP contribution in [0.4, 0.5) is 0 Å². The average Bonchev–Trinajstić information content (AvgIpc) is 2.81. The molecule has 0 bridgehead atoms. The molecule has 2 aliphatic carbocycles. The molecule has 6 heteroatoms. The van der Waals surface area contributed by atoms with Gasteiger partial charge in [-0.2, -0.15) is 0 Å². The number of fused-ring (bicyclic) bond motifs is 1. The number of piperidine rings is 1. The van der Waals surface area contributed by atoms with Gasteiger partial charge in [0, 0.05) is 31.2 Å². The van der Waals surface area contributed by atoms with Crippen LogP contribution in [0.3, 0.4) is 0 Å². The number of pyridine rings is 1. The first-order chi connectivity index (χ1) is 15.7. The molecule has 1 aromatic heterocycles. The van der Waals surface area contributed by atoms with Gasteiger partial charge in [0.2, 0.25) is 5.91 Å². The fourth-order valence-electron chi connectivity index (χ4n) is 6.94. The highest BCUT2D eigenvalue weighted by Crippen LogP contribution is 2.55. The third kappa shape index (κ3) is 4.82. The number of aliphatic hydroxyl groups excluding tert-OH is 1. The normalized spacial score (nSPS) is 36.0. The molecule has 33 heavy (non-hydrogen) atoms. The third-order valence-electron chi connectivity index (χ3n) is 9.23. The summed E-state index contributed by atoms with van der Waals surface area (Å²) in [4.78, 5) is 32.2. The predicted molar refractivity (Wildman–Crippen MR) is 128 cm³/mol. The van der Waals surface area contributed by atoms with E-state index in [1.54, 1.807) is 18.3 Å². The van der Waals surface area contributed by atoms with Crippen molar-refractivity contribution in [2.75, 3.05) is 13.1 Å². The lowest BCUT2D eigenvalue weighted by atomic mass is 9.51. The fourth-order valence-corrected chi connectivity index (χ4v) is 6.94. The van der Waals surface area contributed by atoms with Crippen molar-refractivity contribution in [3.8, 4) is 0 Å². The SMILES string of the molecule is CC1CCN(C(=O)[C@@H](C)[C@@H]2CC[C@]3(C)CC[C@H](NC(=O)c4ccccn4)[C@H](C)[C@@H]3[C@H]2O)CC1. The van der Waals surface area contributed by atoms with Gasteiger partial charge in [-0.15, -0.1) is 0 Å². The number of nitrogens with zero attached hydrogens (tertiary/aromatic N) is 2. The molecule has 2 N–H and O–H groups in total. The Morgan fingerprint density at radius 1 is 1.15 bits per heavy atom. The number of nitrogens with one attached hydrogen (secondary N) is 1. The second-order valence-corrected chi connectivity index (χ2v) is 11.4. The summed E-state index contributed by atoms with van der Waals surface area (Å²) in [6, 6.07) is 5.35. The van der Waals surface area contributed by atoms with Crippen LogP contribution < -0.4 is 5.32 Å². The number of hydrogen-bond acceptors (Lipinski definition) is 4. The zero-order valence-electron chi connectivity index (χ0n) is 20.7. The molecular weight excluding hydrogens is 414 g/mol. The van der Waals surface area contributed by atoms with Gasteiger partial charge in [-0.1, -0.05) is 33.8 Å². The highest BCUT2D eigenvalue weighted by Gasteiger charge is 2.54. The van der Waals surface area contributed by atoms with Gasteiger partial charge in [-0.3, -0.25) is 14.6 Å². The Balaban J connectivity index is 1.45. The highest BCUT2D eigenvalue weighted by atomic mass is 16.3. The second kappa shape index (κ2) is 9.73. The van der Waals surface area contributed by atoms with Crippen LogP contribution in [-0.2, 0) is 4.79 Å². The predicted octanol–water partition coefficient (Wildman–Crippen LogP) is 3.90. The van der Waals surface area contributed by atoms with E-state index in [2.05, 4.69) is 31.1 Å². The highest BCUT2D eigenvalue weighted by molar-refractivity contribution is 5.92. The molecule has 4 rings (SSSR count). The Morgan fingerprint density at radius 3 is 2.52 bits per heavy atom. The van der Waals surface area contributed by atoms with E-state index in [4.69, 9.17) is 0 Å². The van der Waals surface area contributed by atoms with Crippen LogP contribution in [0, 0.1) is 35.0 Å². The fraction of sp³-hybridized carbons (Fsp3) is 0.741. The van der Waals surface area contributed by atoms with E-state index in [0.717, 1.165) is 51.6 Å². The number of hydrogen-bond donors (Lipinski definition) is 2. The first-order valence-electron chi connectivity index (χ1n) is 12.9. The van der Waals surface area contributed by atoms with Crippen molar-refractivity contribution in [1.82, 2.24) is 15.2 Å². The molecule has 2 heterocycles. The van der Waals surface area contributed by atoms with E-state index < -0.39 is 6.10 Å². The summed E-state index contributed by atoms with van der Waals surface area (Å²) in [5, 5.41) is 14.8. The topological polar surface area (TPSA) is 82.5 Å². The Bertz CT molecular complexity index is 838. The summed E-state index contributed by atoms with van der Waals surface area (Å²) >= 11 is 0. The number of likely N-dealkylation sites (tertiary alicyclic amines) is 1. The van der Waals surface area contributed by atoms with Crippen LogP contribution in [0.5, 0.6) is 0 Å². The molecular formula is C27H41N3O3. The first-order valence-corrected chi connectivity index (χ1v) is 12.9. The van der Waals surface area contributed by atoms with Gasteiger partial charge in [0.25, 0.3) is 5.91 Å². The summed E-state index contributed by atoms with van der Waals surface area (Å²) < 4.78 is 0. The minimum Gasteiger partial charge on any atom is -0.392 e. The van der Waals surface area contributed by atoms with Crippen molar-refractivity contribution in [2.45, 2.75) is 78.4 Å². The van der Waals surface area contributed by atoms with Gasteiger partial charge < -0.3 is 15.3 Å². The number of rotatable bonds is 4. The van der Waals surface area contributed by atoms with Gasteiger partial charge in [0.15, 0.2) is 0 Å². The van der Waals surface area contributed by atoms with Crippen molar-refractivity contribution in [1.29, 1.82) is 0 Å². The van der Waals surface area contributed by atoms with Gasteiger partial charge >= 0.3 is 0 Å². The van der Waals surface area contributed by atoms with E-state index in [0.29, 0.717) is 11.6 Å². The first kappa shape index (κ1) is 24.2. The van der Waals surface area contributed by atoms with Crippen LogP contribution in [0.25, 0.3) is 0 Å². The zero-order valence-corrected chi connectivity index (χ0v) is 20.7. The summed E-state index contributed by atoms with van der Waals surface area (Å²) in [5.41, 5.74) is 0.473. The van der Waals surface area contributed by atoms with Crippen molar-refractivity contribution in [3.05, 3.63) is 30.1 Å². The Kier molecular flexibility index (Phi) is 7.13. The van der Waals surface area contributed by atoms with Crippen molar-refractivity contribution in [2.24, 2.45) is 35.0 Å². The number of aliphatic hydroxyl groups is 1. The van der Waals surface area contributed by atoms with Gasteiger partial charge in [0.1, 0.15) is 5.69 Å². The molecule has 3 aliphatic rings. The van der Waals surface area contributed by atoms with Gasteiger partial charge in [-0.05, 0) is 79.7 Å². The standard InChI is InChI=1S/C27H41N3O3/c1-17-10-15-30(16-11-17)26(33)18(2)20-8-12-27(4)13-9-21(19(3)23(27)24(20)31)29-25(32)22-7-5-6-14-28-22/h5-7,14,17-21,23-24,31H,8-13,15-16H2,1-4H3,(H,29,32)/t18-,19-,20-,21-,23+,24-,27+/m0/s1. The third-order valence-corrected chi connectivity index (χ3v) is 9.23. The van der Waals surface area contributed by atoms with Crippen molar-refractivity contribution in [3.63, 3.8) is 0 Å². The second-order valence-electron chi connectivity index (χ2n) is 11.4. The van der Waals surface area contributed by atoms with Crippen molar-refractivity contribution >= 4 is 11.8 Å². The van der Waals surface area contributed by atoms with Crippen LogP contribution in [-0.4, -0.2) is 52.0 Å². The molecule has 2 saturated carbocycles. The number of aromatic nitrogens is 1.